The summed E-state index contributed by atoms with van der Waals surface area (Å²) in [5.41, 5.74) is 11.6. The zero-order valence-electron chi connectivity index (χ0n) is 22.6. The van der Waals surface area contributed by atoms with E-state index in [1.54, 1.807) is 0 Å². The van der Waals surface area contributed by atoms with Gasteiger partial charge < -0.3 is 0 Å². The third-order valence-corrected chi connectivity index (χ3v) is 7.81. The lowest BCUT2D eigenvalue weighted by Crippen LogP contribution is -1.92. The molecule has 0 aliphatic heterocycles. The van der Waals surface area contributed by atoms with E-state index in [-0.39, 0.29) is 0 Å². The van der Waals surface area contributed by atoms with E-state index >= 15 is 0 Å². The minimum absolute atomic E-state index is 1.03. The van der Waals surface area contributed by atoms with Crippen LogP contribution in [-0.4, -0.2) is 9.97 Å². The van der Waals surface area contributed by atoms with Crippen molar-refractivity contribution in [2.24, 2.45) is 0 Å². The fourth-order valence-corrected chi connectivity index (χ4v) is 5.80. The molecule has 0 atom stereocenters. The number of benzene rings is 5. The maximum absolute atomic E-state index is 4.62. The van der Waals surface area contributed by atoms with E-state index in [9.17, 15) is 0 Å². The van der Waals surface area contributed by atoms with Gasteiger partial charge in [-0.2, -0.15) is 0 Å². The van der Waals surface area contributed by atoms with E-state index in [0.717, 1.165) is 22.5 Å². The molecule has 5 aromatic carbocycles. The Hall–Kier alpha value is -5.08. The molecule has 7 aromatic rings. The average molecular weight is 513 g/mol. The molecule has 0 spiro atoms. The number of aromatic nitrogens is 2. The van der Waals surface area contributed by atoms with Crippen molar-refractivity contribution in [1.82, 2.24) is 9.97 Å². The van der Waals surface area contributed by atoms with Crippen LogP contribution in [0.4, 0.5) is 0 Å². The first-order chi connectivity index (χ1) is 19.7. The molecule has 2 heteroatoms. The Morgan fingerprint density at radius 3 is 1.35 bits per heavy atom. The summed E-state index contributed by atoms with van der Waals surface area (Å²) in [6.45, 7) is 4.13. The zero-order valence-corrected chi connectivity index (χ0v) is 22.6. The van der Waals surface area contributed by atoms with E-state index in [1.807, 2.05) is 25.4 Å². The van der Waals surface area contributed by atoms with E-state index in [1.165, 1.54) is 54.9 Å². The van der Waals surface area contributed by atoms with Gasteiger partial charge in [-0.05, 0) is 80.9 Å². The number of nitrogens with zero attached hydrogens (tertiary/aromatic N) is 2. The van der Waals surface area contributed by atoms with Crippen LogP contribution in [-0.2, 0) is 0 Å². The van der Waals surface area contributed by atoms with Crippen LogP contribution >= 0.6 is 0 Å². The molecule has 40 heavy (non-hydrogen) atoms. The van der Waals surface area contributed by atoms with Gasteiger partial charge in [0.2, 0.25) is 0 Å². The number of pyridine rings is 2. The van der Waals surface area contributed by atoms with Crippen molar-refractivity contribution < 1.29 is 0 Å². The molecule has 0 aliphatic carbocycles. The van der Waals surface area contributed by atoms with Crippen molar-refractivity contribution in [3.8, 4) is 44.6 Å². The van der Waals surface area contributed by atoms with E-state index in [4.69, 9.17) is 0 Å². The van der Waals surface area contributed by atoms with Gasteiger partial charge in [0.15, 0.2) is 0 Å². The first-order valence-electron chi connectivity index (χ1n) is 13.7. The monoisotopic (exact) mass is 512 g/mol. The Morgan fingerprint density at radius 2 is 0.875 bits per heavy atom. The first-order valence-corrected chi connectivity index (χ1v) is 13.7. The number of rotatable bonds is 4. The molecule has 0 aliphatic rings. The SMILES string of the molecule is Cc1ccc(-c2ccc(-c3c4ccccc4c(-c4ccc(-c5ncccc5C)cc4)c4ccccc34)cc2)cn1. The van der Waals surface area contributed by atoms with Gasteiger partial charge in [0.1, 0.15) is 0 Å². The van der Waals surface area contributed by atoms with Gasteiger partial charge >= 0.3 is 0 Å². The second-order valence-electron chi connectivity index (χ2n) is 10.4. The van der Waals surface area contributed by atoms with E-state index in [2.05, 4.69) is 132 Å². The highest BCUT2D eigenvalue weighted by Crippen LogP contribution is 2.44. The molecule has 0 radical (unpaired) electrons. The number of fused-ring (bicyclic) bond motifs is 2. The van der Waals surface area contributed by atoms with Crippen molar-refractivity contribution in [3.63, 3.8) is 0 Å². The number of aryl methyl sites for hydroxylation is 2. The molecule has 0 N–H and O–H groups in total. The van der Waals surface area contributed by atoms with Crippen LogP contribution in [0.5, 0.6) is 0 Å². The molecule has 2 aromatic heterocycles. The summed E-state index contributed by atoms with van der Waals surface area (Å²) in [4.78, 5) is 9.10. The molecular formula is C38H28N2. The van der Waals surface area contributed by atoms with Crippen LogP contribution in [0.25, 0.3) is 66.2 Å². The Morgan fingerprint density at radius 1 is 0.400 bits per heavy atom. The van der Waals surface area contributed by atoms with Gasteiger partial charge in [0.25, 0.3) is 0 Å². The summed E-state index contributed by atoms with van der Waals surface area (Å²) < 4.78 is 0. The Kier molecular flexibility index (Phi) is 5.94. The molecule has 0 amide bonds. The Bertz CT molecular complexity index is 1930. The van der Waals surface area contributed by atoms with Crippen LogP contribution in [0.1, 0.15) is 11.3 Å². The molecule has 0 unspecified atom stereocenters. The van der Waals surface area contributed by atoms with Crippen LogP contribution in [0, 0.1) is 13.8 Å². The average Bonchev–Trinajstić information content (AvgIpc) is 3.01. The van der Waals surface area contributed by atoms with Gasteiger partial charge in [-0.25, -0.2) is 0 Å². The molecule has 0 saturated carbocycles. The normalized spacial score (nSPS) is 11.2. The van der Waals surface area contributed by atoms with E-state index < -0.39 is 0 Å². The number of hydrogen-bond acceptors (Lipinski definition) is 2. The summed E-state index contributed by atoms with van der Waals surface area (Å²) in [5, 5.41) is 5.02. The van der Waals surface area contributed by atoms with Crippen LogP contribution in [0.15, 0.2) is 134 Å². The van der Waals surface area contributed by atoms with Crippen molar-refractivity contribution in [2.75, 3.05) is 0 Å². The summed E-state index contributed by atoms with van der Waals surface area (Å²) in [7, 11) is 0. The summed E-state index contributed by atoms with van der Waals surface area (Å²) in [5.74, 6) is 0. The van der Waals surface area contributed by atoms with Gasteiger partial charge in [-0.15, -0.1) is 0 Å². The molecular weight excluding hydrogens is 484 g/mol. The third kappa shape index (κ3) is 4.15. The second kappa shape index (κ2) is 9.91. The standard InChI is InChI=1S/C38H28N2/c1-25-8-7-23-39-38(25)30-21-19-29(20-22-30)37-34-11-5-3-9-32(34)36(33-10-4-6-12-35(33)37)28-17-15-27(16-18-28)31-14-13-26(2)40-24-31/h3-24H,1-2H3. The molecule has 2 nitrogen and oxygen atoms in total. The fraction of sp³-hybridized carbons (Fsp3) is 0.0526. The van der Waals surface area contributed by atoms with Crippen LogP contribution in [0.3, 0.4) is 0 Å². The fourth-order valence-electron chi connectivity index (χ4n) is 5.80. The minimum atomic E-state index is 1.03. The molecule has 0 bridgehead atoms. The lowest BCUT2D eigenvalue weighted by molar-refractivity contribution is 1.20. The first kappa shape index (κ1) is 24.0. The molecule has 7 rings (SSSR count). The largest absolute Gasteiger partial charge is 0.261 e. The van der Waals surface area contributed by atoms with Crippen molar-refractivity contribution in [1.29, 1.82) is 0 Å². The predicted molar refractivity (Wildman–Crippen MR) is 168 cm³/mol. The topological polar surface area (TPSA) is 25.8 Å². The zero-order chi connectivity index (χ0) is 27.1. The molecule has 0 saturated heterocycles. The summed E-state index contributed by atoms with van der Waals surface area (Å²) >= 11 is 0. The lowest BCUT2D eigenvalue weighted by Gasteiger charge is -2.18. The predicted octanol–water partition coefficient (Wildman–Crippen LogP) is 10.1. The number of hydrogen-bond donors (Lipinski definition) is 0. The summed E-state index contributed by atoms with van der Waals surface area (Å²) in [6, 6.07) is 43.6. The maximum Gasteiger partial charge on any atom is 0.0731 e. The van der Waals surface area contributed by atoms with Gasteiger partial charge in [-0.1, -0.05) is 109 Å². The van der Waals surface area contributed by atoms with Crippen molar-refractivity contribution >= 4 is 21.5 Å². The van der Waals surface area contributed by atoms with Crippen LogP contribution in [0.2, 0.25) is 0 Å². The Balaban J connectivity index is 1.40. The smallest absolute Gasteiger partial charge is 0.0731 e. The van der Waals surface area contributed by atoms with E-state index in [0.29, 0.717) is 0 Å². The molecule has 0 fully saturated rings. The maximum atomic E-state index is 4.62. The Labute approximate surface area is 234 Å². The highest BCUT2D eigenvalue weighted by atomic mass is 14.7. The summed E-state index contributed by atoms with van der Waals surface area (Å²) in [6.07, 6.45) is 3.81. The van der Waals surface area contributed by atoms with Gasteiger partial charge in [-0.3, -0.25) is 9.97 Å². The highest BCUT2D eigenvalue weighted by Gasteiger charge is 2.16. The van der Waals surface area contributed by atoms with Crippen molar-refractivity contribution in [2.45, 2.75) is 13.8 Å². The second-order valence-corrected chi connectivity index (χ2v) is 10.4. The third-order valence-electron chi connectivity index (χ3n) is 7.81. The van der Waals surface area contributed by atoms with Gasteiger partial charge in [0, 0.05) is 29.2 Å². The van der Waals surface area contributed by atoms with Gasteiger partial charge in [0.05, 0.1) is 5.69 Å². The van der Waals surface area contributed by atoms with Crippen molar-refractivity contribution in [3.05, 3.63) is 145 Å². The molecule has 190 valence electrons. The minimum Gasteiger partial charge on any atom is -0.261 e. The quantitative estimate of drug-likeness (QED) is 0.219. The highest BCUT2D eigenvalue weighted by molar-refractivity contribution is 6.21. The molecule has 2 heterocycles. The lowest BCUT2D eigenvalue weighted by atomic mass is 9.85. The van der Waals surface area contributed by atoms with Crippen LogP contribution < -0.4 is 0 Å².